The van der Waals surface area contributed by atoms with Gasteiger partial charge in [0, 0.05) is 20.5 Å². The standard InChI is InChI=1S/C6H14N2/c1-4-5-6(7-2)8-3/h4-5H2,1-3H3,(H,7,8). The van der Waals surface area contributed by atoms with Crippen LogP contribution in [-0.2, 0) is 0 Å². The number of hydrogen-bond donors (Lipinski definition) is 1. The van der Waals surface area contributed by atoms with Crippen molar-refractivity contribution in [3.63, 3.8) is 0 Å². The molecule has 1 N–H and O–H groups in total. The summed E-state index contributed by atoms with van der Waals surface area (Å²) in [6, 6.07) is 0. The molecule has 2 nitrogen and oxygen atoms in total. The lowest BCUT2D eigenvalue weighted by molar-refractivity contribution is 0.940. The number of nitrogens with zero attached hydrogens (tertiary/aromatic N) is 1. The average molecular weight is 114 g/mol. The average Bonchev–Trinajstić information content (AvgIpc) is 1.83. The highest BCUT2D eigenvalue weighted by atomic mass is 14.9. The van der Waals surface area contributed by atoms with Crippen LogP contribution in [0.5, 0.6) is 0 Å². The van der Waals surface area contributed by atoms with E-state index in [1.54, 1.807) is 0 Å². The molecule has 0 fully saturated rings. The first-order chi connectivity index (χ1) is 3.85. The minimum Gasteiger partial charge on any atom is -0.377 e. The Morgan fingerprint density at radius 3 is 2.38 bits per heavy atom. The molecule has 48 valence electrons. The Labute approximate surface area is 51.0 Å². The maximum Gasteiger partial charge on any atom is 0.0956 e. The van der Waals surface area contributed by atoms with Crippen molar-refractivity contribution in [3.05, 3.63) is 0 Å². The van der Waals surface area contributed by atoms with E-state index in [2.05, 4.69) is 17.2 Å². The Balaban J connectivity index is 3.38. The highest BCUT2D eigenvalue weighted by Crippen LogP contribution is 1.86. The minimum absolute atomic E-state index is 1.06. The molecule has 0 spiro atoms. The predicted octanol–water partition coefficient (Wildman–Crippen LogP) is 1.03. The molecule has 0 heterocycles. The Morgan fingerprint density at radius 1 is 1.62 bits per heavy atom. The first-order valence-corrected chi connectivity index (χ1v) is 2.98. The minimum atomic E-state index is 1.06. The largest absolute Gasteiger partial charge is 0.377 e. The van der Waals surface area contributed by atoms with E-state index in [9.17, 15) is 0 Å². The highest BCUT2D eigenvalue weighted by Gasteiger charge is 1.87. The van der Waals surface area contributed by atoms with Crippen molar-refractivity contribution in [2.75, 3.05) is 14.1 Å². The third kappa shape index (κ3) is 2.61. The first kappa shape index (κ1) is 7.47. The zero-order valence-corrected chi connectivity index (χ0v) is 5.86. The molecule has 0 radical (unpaired) electrons. The number of hydrogen-bond acceptors (Lipinski definition) is 1. The smallest absolute Gasteiger partial charge is 0.0956 e. The first-order valence-electron chi connectivity index (χ1n) is 2.98. The summed E-state index contributed by atoms with van der Waals surface area (Å²) in [6.45, 7) is 2.14. The van der Waals surface area contributed by atoms with E-state index >= 15 is 0 Å². The fraction of sp³-hybridized carbons (Fsp3) is 0.833. The lowest BCUT2D eigenvalue weighted by atomic mass is 10.3. The summed E-state index contributed by atoms with van der Waals surface area (Å²) in [6.07, 6.45) is 2.22. The second-order valence-corrected chi connectivity index (χ2v) is 1.67. The topological polar surface area (TPSA) is 24.4 Å². The van der Waals surface area contributed by atoms with Crippen molar-refractivity contribution < 1.29 is 0 Å². The van der Waals surface area contributed by atoms with Gasteiger partial charge in [-0.3, -0.25) is 4.99 Å². The van der Waals surface area contributed by atoms with Crippen molar-refractivity contribution in [1.29, 1.82) is 0 Å². The molecule has 0 amide bonds. The Kier molecular flexibility index (Phi) is 4.32. The van der Waals surface area contributed by atoms with Crippen LogP contribution in [0.4, 0.5) is 0 Å². The van der Waals surface area contributed by atoms with E-state index in [1.165, 1.54) is 0 Å². The van der Waals surface area contributed by atoms with Gasteiger partial charge >= 0.3 is 0 Å². The van der Waals surface area contributed by atoms with E-state index in [0.29, 0.717) is 0 Å². The maximum absolute atomic E-state index is 4.00. The van der Waals surface area contributed by atoms with Gasteiger partial charge in [-0.15, -0.1) is 0 Å². The molecule has 0 aliphatic rings. The zero-order chi connectivity index (χ0) is 6.41. The zero-order valence-electron chi connectivity index (χ0n) is 5.86. The Morgan fingerprint density at radius 2 is 2.25 bits per heavy atom. The van der Waals surface area contributed by atoms with Crippen molar-refractivity contribution in [2.45, 2.75) is 19.8 Å². The summed E-state index contributed by atoms with van der Waals surface area (Å²) in [4.78, 5) is 4.00. The fourth-order valence-corrected chi connectivity index (χ4v) is 0.585. The van der Waals surface area contributed by atoms with Gasteiger partial charge < -0.3 is 5.32 Å². The number of amidine groups is 1. The molecule has 0 aromatic carbocycles. The molecule has 0 atom stereocenters. The molecule has 0 aliphatic carbocycles. The van der Waals surface area contributed by atoms with Crippen LogP contribution < -0.4 is 5.32 Å². The van der Waals surface area contributed by atoms with Gasteiger partial charge in [0.1, 0.15) is 0 Å². The fourth-order valence-electron chi connectivity index (χ4n) is 0.585. The summed E-state index contributed by atoms with van der Waals surface area (Å²) in [5.41, 5.74) is 0. The van der Waals surface area contributed by atoms with Gasteiger partial charge in [0.05, 0.1) is 5.84 Å². The predicted molar refractivity (Wildman–Crippen MR) is 37.3 cm³/mol. The van der Waals surface area contributed by atoms with Crippen LogP contribution in [0.2, 0.25) is 0 Å². The van der Waals surface area contributed by atoms with E-state index in [1.807, 2.05) is 14.1 Å². The van der Waals surface area contributed by atoms with Gasteiger partial charge in [0.2, 0.25) is 0 Å². The molecule has 0 bridgehead atoms. The molecular formula is C6H14N2. The van der Waals surface area contributed by atoms with Gasteiger partial charge in [-0.25, -0.2) is 0 Å². The maximum atomic E-state index is 4.00. The molecule has 0 aliphatic heterocycles. The van der Waals surface area contributed by atoms with Gasteiger partial charge in [-0.05, 0) is 6.42 Å². The van der Waals surface area contributed by atoms with E-state index in [0.717, 1.165) is 18.7 Å². The van der Waals surface area contributed by atoms with Crippen LogP contribution >= 0.6 is 0 Å². The van der Waals surface area contributed by atoms with Gasteiger partial charge in [-0.1, -0.05) is 6.92 Å². The summed E-state index contributed by atoms with van der Waals surface area (Å²) in [5.74, 6) is 1.09. The molecule has 8 heavy (non-hydrogen) atoms. The lowest BCUT2D eigenvalue weighted by Gasteiger charge is -1.99. The summed E-state index contributed by atoms with van der Waals surface area (Å²) in [7, 11) is 3.71. The number of aliphatic imine (C=N–C) groups is 1. The summed E-state index contributed by atoms with van der Waals surface area (Å²) >= 11 is 0. The van der Waals surface area contributed by atoms with Crippen LogP contribution in [0.1, 0.15) is 19.8 Å². The van der Waals surface area contributed by atoms with E-state index in [4.69, 9.17) is 0 Å². The van der Waals surface area contributed by atoms with Crippen molar-refractivity contribution in [3.8, 4) is 0 Å². The summed E-state index contributed by atoms with van der Waals surface area (Å²) in [5, 5.41) is 3.00. The number of nitrogens with one attached hydrogen (secondary N) is 1. The SMILES string of the molecule is CCC/C(=N/C)NC. The van der Waals surface area contributed by atoms with Crippen LogP contribution in [0.25, 0.3) is 0 Å². The molecule has 0 aromatic rings. The second-order valence-electron chi connectivity index (χ2n) is 1.67. The quantitative estimate of drug-likeness (QED) is 0.421. The molecule has 0 saturated heterocycles. The normalized spacial score (nSPS) is 11.6. The molecule has 0 unspecified atom stereocenters. The third-order valence-electron chi connectivity index (χ3n) is 1.05. The van der Waals surface area contributed by atoms with Crippen molar-refractivity contribution >= 4 is 5.84 Å². The molecular weight excluding hydrogens is 100 g/mol. The monoisotopic (exact) mass is 114 g/mol. The lowest BCUT2D eigenvalue weighted by Crippen LogP contribution is -2.17. The molecule has 0 aromatic heterocycles. The van der Waals surface area contributed by atoms with E-state index in [-0.39, 0.29) is 0 Å². The van der Waals surface area contributed by atoms with Gasteiger partial charge in [0.15, 0.2) is 0 Å². The molecule has 0 rings (SSSR count). The number of rotatable bonds is 2. The van der Waals surface area contributed by atoms with Crippen LogP contribution in [0.15, 0.2) is 4.99 Å². The van der Waals surface area contributed by atoms with Crippen molar-refractivity contribution in [1.82, 2.24) is 5.32 Å². The Hall–Kier alpha value is -0.530. The molecule has 0 saturated carbocycles. The van der Waals surface area contributed by atoms with Crippen LogP contribution in [-0.4, -0.2) is 19.9 Å². The van der Waals surface area contributed by atoms with Crippen molar-refractivity contribution in [2.24, 2.45) is 4.99 Å². The van der Waals surface area contributed by atoms with Crippen LogP contribution in [0, 0.1) is 0 Å². The van der Waals surface area contributed by atoms with Crippen LogP contribution in [0.3, 0.4) is 0 Å². The molecule has 2 heteroatoms. The summed E-state index contributed by atoms with van der Waals surface area (Å²) < 4.78 is 0. The van der Waals surface area contributed by atoms with Gasteiger partial charge in [0.25, 0.3) is 0 Å². The Bertz CT molecular complexity index is 76.6. The second kappa shape index (κ2) is 4.62. The van der Waals surface area contributed by atoms with E-state index < -0.39 is 0 Å². The highest BCUT2D eigenvalue weighted by molar-refractivity contribution is 5.81. The van der Waals surface area contributed by atoms with Gasteiger partial charge in [-0.2, -0.15) is 0 Å². The third-order valence-corrected chi connectivity index (χ3v) is 1.05.